The summed E-state index contributed by atoms with van der Waals surface area (Å²) < 4.78 is 0. The molecule has 1 atom stereocenters. The van der Waals surface area contributed by atoms with Gasteiger partial charge in [-0.25, -0.2) is 9.97 Å². The summed E-state index contributed by atoms with van der Waals surface area (Å²) in [6.45, 7) is 6.38. The van der Waals surface area contributed by atoms with Crippen LogP contribution in [0.15, 0.2) is 29.2 Å². The first-order valence-electron chi connectivity index (χ1n) is 7.47. The number of aromatic amines is 1. The molecule has 0 radical (unpaired) electrons. The van der Waals surface area contributed by atoms with Gasteiger partial charge in [0, 0.05) is 36.6 Å². The summed E-state index contributed by atoms with van der Waals surface area (Å²) in [5.41, 5.74) is 1.53. The van der Waals surface area contributed by atoms with Crippen molar-refractivity contribution >= 4 is 5.82 Å². The van der Waals surface area contributed by atoms with E-state index in [0.717, 1.165) is 42.5 Å². The molecule has 3 rings (SSSR count). The molecule has 110 valence electrons. The van der Waals surface area contributed by atoms with E-state index in [1.165, 1.54) is 12.5 Å². The highest BCUT2D eigenvalue weighted by Gasteiger charge is 2.19. The predicted octanol–water partition coefficient (Wildman–Crippen LogP) is 2.24. The van der Waals surface area contributed by atoms with Crippen molar-refractivity contribution < 1.29 is 0 Å². The number of hydrogen-bond acceptors (Lipinski definition) is 4. The normalized spacial score (nSPS) is 18.2. The van der Waals surface area contributed by atoms with Crippen LogP contribution in [0.25, 0.3) is 11.4 Å². The number of nitrogens with zero attached hydrogens (tertiary/aromatic N) is 3. The fraction of sp³-hybridized carbons (Fsp3) is 0.438. The Kier molecular flexibility index (Phi) is 3.73. The quantitative estimate of drug-likeness (QED) is 0.939. The van der Waals surface area contributed by atoms with Crippen molar-refractivity contribution in [2.24, 2.45) is 5.92 Å². The van der Waals surface area contributed by atoms with Crippen LogP contribution in [-0.2, 0) is 6.42 Å². The van der Waals surface area contributed by atoms with E-state index >= 15 is 0 Å². The Bertz CT molecular complexity index is 677. The van der Waals surface area contributed by atoms with Crippen LogP contribution >= 0.6 is 0 Å². The van der Waals surface area contributed by atoms with E-state index in [-0.39, 0.29) is 5.56 Å². The van der Waals surface area contributed by atoms with Gasteiger partial charge in [0.25, 0.3) is 5.56 Å². The molecule has 21 heavy (non-hydrogen) atoms. The molecular formula is C16H20N4O. The monoisotopic (exact) mass is 284 g/mol. The van der Waals surface area contributed by atoms with E-state index < -0.39 is 0 Å². The molecule has 3 heterocycles. The van der Waals surface area contributed by atoms with Gasteiger partial charge in [-0.15, -0.1) is 0 Å². The molecule has 1 aliphatic rings. The Hall–Kier alpha value is -2.17. The Morgan fingerprint density at radius 3 is 2.90 bits per heavy atom. The number of aryl methyl sites for hydroxylation is 1. The van der Waals surface area contributed by atoms with Crippen molar-refractivity contribution in [3.63, 3.8) is 0 Å². The van der Waals surface area contributed by atoms with E-state index in [4.69, 9.17) is 0 Å². The first-order chi connectivity index (χ1) is 10.2. The summed E-state index contributed by atoms with van der Waals surface area (Å²) in [7, 11) is 0. The highest BCUT2D eigenvalue weighted by atomic mass is 16.1. The lowest BCUT2D eigenvalue weighted by molar-refractivity contribution is 0.659. The minimum Gasteiger partial charge on any atom is -0.356 e. The first-order valence-corrected chi connectivity index (χ1v) is 7.47. The van der Waals surface area contributed by atoms with Crippen molar-refractivity contribution in [2.75, 3.05) is 18.0 Å². The Labute approximate surface area is 124 Å². The summed E-state index contributed by atoms with van der Waals surface area (Å²) in [5.74, 6) is 2.32. The third-order valence-corrected chi connectivity index (χ3v) is 3.93. The summed E-state index contributed by atoms with van der Waals surface area (Å²) >= 11 is 0. The maximum atomic E-state index is 11.6. The van der Waals surface area contributed by atoms with Crippen LogP contribution in [0.4, 0.5) is 5.82 Å². The zero-order valence-corrected chi connectivity index (χ0v) is 12.5. The van der Waals surface area contributed by atoms with Gasteiger partial charge < -0.3 is 9.88 Å². The zero-order chi connectivity index (χ0) is 14.8. The molecule has 2 aromatic heterocycles. The lowest BCUT2D eigenvalue weighted by Crippen LogP contribution is -2.20. The average molecular weight is 284 g/mol. The minimum absolute atomic E-state index is 0.116. The van der Waals surface area contributed by atoms with Crippen LogP contribution < -0.4 is 10.5 Å². The molecule has 1 saturated heterocycles. The van der Waals surface area contributed by atoms with Crippen LogP contribution in [0, 0.1) is 5.92 Å². The molecular weight excluding hydrogens is 264 g/mol. The molecule has 2 aromatic rings. The molecule has 0 amide bonds. The molecule has 1 unspecified atom stereocenters. The number of nitrogens with one attached hydrogen (secondary N) is 1. The summed E-state index contributed by atoms with van der Waals surface area (Å²) in [6.07, 6.45) is 3.75. The van der Waals surface area contributed by atoms with Crippen molar-refractivity contribution in [3.05, 3.63) is 40.4 Å². The predicted molar refractivity (Wildman–Crippen MR) is 83.5 cm³/mol. The topological polar surface area (TPSA) is 61.9 Å². The number of rotatable bonds is 3. The Morgan fingerprint density at radius 1 is 1.43 bits per heavy atom. The molecule has 1 aliphatic heterocycles. The standard InChI is InChI=1S/C16H20N4O/c1-3-13-8-15(21)19-16(18-13)12-4-5-14(17-9-12)20-7-6-11(2)10-20/h4-5,8-9,11H,3,6-7,10H2,1-2H3,(H,18,19,21). The smallest absolute Gasteiger partial charge is 0.251 e. The maximum absolute atomic E-state index is 11.6. The third-order valence-electron chi connectivity index (χ3n) is 3.93. The van der Waals surface area contributed by atoms with Gasteiger partial charge in [0.2, 0.25) is 0 Å². The minimum atomic E-state index is -0.116. The molecule has 0 spiro atoms. The van der Waals surface area contributed by atoms with E-state index in [2.05, 4.69) is 26.8 Å². The molecule has 0 aliphatic carbocycles. The lowest BCUT2D eigenvalue weighted by Gasteiger charge is -2.16. The van der Waals surface area contributed by atoms with Crippen LogP contribution in [0.3, 0.4) is 0 Å². The number of H-pyrrole nitrogens is 1. The second-order valence-electron chi connectivity index (χ2n) is 5.68. The fourth-order valence-electron chi connectivity index (χ4n) is 2.68. The average Bonchev–Trinajstić information content (AvgIpc) is 2.93. The number of aromatic nitrogens is 3. The SMILES string of the molecule is CCc1cc(=O)[nH]c(-c2ccc(N3CCC(C)C3)nc2)n1. The van der Waals surface area contributed by atoms with E-state index in [1.54, 1.807) is 6.20 Å². The number of hydrogen-bond donors (Lipinski definition) is 1. The molecule has 0 saturated carbocycles. The highest BCUT2D eigenvalue weighted by Crippen LogP contribution is 2.23. The molecule has 5 heteroatoms. The van der Waals surface area contributed by atoms with Gasteiger partial charge in [-0.3, -0.25) is 4.79 Å². The molecule has 0 bridgehead atoms. The van der Waals surface area contributed by atoms with Crippen LogP contribution in [0.5, 0.6) is 0 Å². The molecule has 1 N–H and O–H groups in total. The van der Waals surface area contributed by atoms with Crippen molar-refractivity contribution in [1.82, 2.24) is 15.0 Å². The van der Waals surface area contributed by atoms with Crippen LogP contribution in [-0.4, -0.2) is 28.0 Å². The second kappa shape index (κ2) is 5.68. The van der Waals surface area contributed by atoms with Crippen molar-refractivity contribution in [2.45, 2.75) is 26.7 Å². The summed E-state index contributed by atoms with van der Waals surface area (Å²) in [5, 5.41) is 0. The largest absolute Gasteiger partial charge is 0.356 e. The van der Waals surface area contributed by atoms with Gasteiger partial charge in [-0.05, 0) is 30.9 Å². The molecule has 5 nitrogen and oxygen atoms in total. The van der Waals surface area contributed by atoms with Gasteiger partial charge in [0.1, 0.15) is 11.6 Å². The second-order valence-corrected chi connectivity index (χ2v) is 5.68. The fourth-order valence-corrected chi connectivity index (χ4v) is 2.68. The van der Waals surface area contributed by atoms with Gasteiger partial charge in [0.05, 0.1) is 0 Å². The first kappa shape index (κ1) is 13.8. The zero-order valence-electron chi connectivity index (χ0n) is 12.5. The molecule has 0 aromatic carbocycles. The van der Waals surface area contributed by atoms with E-state index in [0.29, 0.717) is 5.82 Å². The number of anilines is 1. The third kappa shape index (κ3) is 2.96. The van der Waals surface area contributed by atoms with Gasteiger partial charge in [0.15, 0.2) is 0 Å². The number of pyridine rings is 1. The lowest BCUT2D eigenvalue weighted by atomic mass is 10.2. The Morgan fingerprint density at radius 2 is 2.29 bits per heavy atom. The highest BCUT2D eigenvalue weighted by molar-refractivity contribution is 5.56. The van der Waals surface area contributed by atoms with Crippen molar-refractivity contribution in [3.8, 4) is 11.4 Å². The van der Waals surface area contributed by atoms with E-state index in [1.807, 2.05) is 19.1 Å². The van der Waals surface area contributed by atoms with Gasteiger partial charge in [-0.1, -0.05) is 13.8 Å². The summed E-state index contributed by atoms with van der Waals surface area (Å²) in [4.78, 5) is 25.7. The summed E-state index contributed by atoms with van der Waals surface area (Å²) in [6, 6.07) is 5.52. The Balaban J connectivity index is 1.87. The maximum Gasteiger partial charge on any atom is 0.251 e. The molecule has 1 fully saturated rings. The van der Waals surface area contributed by atoms with E-state index in [9.17, 15) is 4.79 Å². The van der Waals surface area contributed by atoms with Crippen LogP contribution in [0.2, 0.25) is 0 Å². The van der Waals surface area contributed by atoms with Gasteiger partial charge >= 0.3 is 0 Å². The van der Waals surface area contributed by atoms with Gasteiger partial charge in [-0.2, -0.15) is 0 Å². The van der Waals surface area contributed by atoms with Crippen molar-refractivity contribution in [1.29, 1.82) is 0 Å². The van der Waals surface area contributed by atoms with Crippen LogP contribution in [0.1, 0.15) is 26.0 Å².